The molecule has 0 radical (unpaired) electrons. The van der Waals surface area contributed by atoms with E-state index in [0.717, 1.165) is 11.8 Å². The number of carbonyl (C=O) groups excluding carboxylic acids is 4. The molecule has 0 aliphatic carbocycles. The highest BCUT2D eigenvalue weighted by molar-refractivity contribution is 8.01. The predicted molar refractivity (Wildman–Crippen MR) is 103 cm³/mol. The standard InChI is InChI=1S/C19H25N3O7S/c1-19(2)14(17(26)27)22-15(30-19)13(18(28)29-9-11(20)16(24)25)21-12(23)8-10-6-4-3-5-7-10/h3-7,11,13-15,22H,8-9,20H2,1-2H3,(H,21,23)(H,24,25)(H,26,27)/p-2. The molecule has 1 fully saturated rings. The Labute approximate surface area is 177 Å². The van der Waals surface area contributed by atoms with Crippen LogP contribution in [0.15, 0.2) is 30.3 Å². The summed E-state index contributed by atoms with van der Waals surface area (Å²) in [6, 6.07) is 4.89. The van der Waals surface area contributed by atoms with E-state index in [1.54, 1.807) is 44.2 Å². The zero-order chi connectivity index (χ0) is 22.5. The SMILES string of the molecule is CC1(C)SC(C(NC(=O)Cc2ccccc2)C(=O)OCC(N)C(=O)[O-])NC1C(=O)[O-]. The minimum absolute atomic E-state index is 0.0200. The van der Waals surface area contributed by atoms with Gasteiger partial charge in [-0.25, -0.2) is 4.79 Å². The van der Waals surface area contributed by atoms with Crippen molar-refractivity contribution in [3.63, 3.8) is 0 Å². The molecule has 4 N–H and O–H groups in total. The first-order valence-electron chi connectivity index (χ1n) is 9.12. The van der Waals surface area contributed by atoms with Gasteiger partial charge in [0.25, 0.3) is 0 Å². The topological polar surface area (TPSA) is 174 Å². The second kappa shape index (κ2) is 9.92. The van der Waals surface area contributed by atoms with Crippen molar-refractivity contribution in [1.82, 2.24) is 10.6 Å². The Bertz CT molecular complexity index is 803. The molecule has 1 saturated heterocycles. The summed E-state index contributed by atoms with van der Waals surface area (Å²) in [5.41, 5.74) is 6.00. The number of carbonyl (C=O) groups is 4. The molecule has 0 saturated carbocycles. The minimum atomic E-state index is -1.60. The lowest BCUT2D eigenvalue weighted by atomic mass is 10.0. The summed E-state index contributed by atoms with van der Waals surface area (Å²) in [5.74, 6) is -4.40. The number of carboxylic acids is 2. The molecule has 1 aromatic carbocycles. The molecule has 11 heteroatoms. The lowest BCUT2D eigenvalue weighted by Crippen LogP contribution is -2.57. The molecule has 0 bridgehead atoms. The van der Waals surface area contributed by atoms with Crippen molar-refractivity contribution in [3.05, 3.63) is 35.9 Å². The number of benzene rings is 1. The van der Waals surface area contributed by atoms with Gasteiger partial charge in [0.2, 0.25) is 5.91 Å². The molecule has 30 heavy (non-hydrogen) atoms. The molecule has 4 unspecified atom stereocenters. The van der Waals surface area contributed by atoms with E-state index in [1.165, 1.54) is 0 Å². The van der Waals surface area contributed by atoms with E-state index in [0.29, 0.717) is 5.56 Å². The number of nitrogens with two attached hydrogens (primary N) is 1. The number of ether oxygens (including phenoxy) is 1. The number of esters is 1. The molecule has 10 nitrogen and oxygen atoms in total. The molecule has 164 valence electrons. The third-order valence-corrected chi connectivity index (χ3v) is 5.99. The van der Waals surface area contributed by atoms with Gasteiger partial charge in [-0.2, -0.15) is 0 Å². The van der Waals surface area contributed by atoms with E-state index in [4.69, 9.17) is 10.5 Å². The first-order chi connectivity index (χ1) is 14.0. The molecule has 1 aromatic rings. The van der Waals surface area contributed by atoms with Crippen LogP contribution in [0.4, 0.5) is 0 Å². The average Bonchev–Trinajstić information content (AvgIpc) is 2.99. The Hall–Kier alpha value is -2.63. The molecule has 1 amide bonds. The summed E-state index contributed by atoms with van der Waals surface area (Å²) < 4.78 is 4.10. The molecule has 1 aliphatic rings. The maximum atomic E-state index is 12.6. The Morgan fingerprint density at radius 2 is 1.87 bits per heavy atom. The largest absolute Gasteiger partial charge is 0.548 e. The highest BCUT2D eigenvalue weighted by atomic mass is 32.2. The minimum Gasteiger partial charge on any atom is -0.548 e. The molecule has 4 atom stereocenters. The van der Waals surface area contributed by atoms with Crippen LogP contribution in [-0.4, -0.2) is 58.7 Å². The van der Waals surface area contributed by atoms with E-state index in [9.17, 15) is 29.4 Å². The molecule has 2 rings (SSSR count). The van der Waals surface area contributed by atoms with E-state index in [1.807, 2.05) is 0 Å². The summed E-state index contributed by atoms with van der Waals surface area (Å²) >= 11 is 1.12. The summed E-state index contributed by atoms with van der Waals surface area (Å²) in [5, 5.41) is 26.6. The van der Waals surface area contributed by atoms with Crippen LogP contribution in [-0.2, 0) is 30.3 Å². The maximum Gasteiger partial charge on any atom is 0.331 e. The number of thioether (sulfide) groups is 1. The van der Waals surface area contributed by atoms with E-state index in [-0.39, 0.29) is 6.42 Å². The zero-order valence-electron chi connectivity index (χ0n) is 16.5. The van der Waals surface area contributed by atoms with Crippen LogP contribution in [0.5, 0.6) is 0 Å². The van der Waals surface area contributed by atoms with Gasteiger partial charge >= 0.3 is 5.97 Å². The third-order valence-electron chi connectivity index (χ3n) is 4.48. The zero-order valence-corrected chi connectivity index (χ0v) is 17.3. The van der Waals surface area contributed by atoms with Crippen LogP contribution in [0, 0.1) is 0 Å². The Morgan fingerprint density at radius 3 is 2.40 bits per heavy atom. The lowest BCUT2D eigenvalue weighted by molar-refractivity contribution is -0.310. The van der Waals surface area contributed by atoms with Gasteiger partial charge in [0.15, 0.2) is 6.04 Å². The van der Waals surface area contributed by atoms with Crippen LogP contribution in [0.2, 0.25) is 0 Å². The second-order valence-electron chi connectivity index (χ2n) is 7.32. The molecule has 1 heterocycles. The van der Waals surface area contributed by atoms with Crippen molar-refractivity contribution in [2.45, 2.75) is 48.5 Å². The predicted octanol–water partition coefficient (Wildman–Crippen LogP) is -3.11. The first-order valence-corrected chi connectivity index (χ1v) is 10.0. The van der Waals surface area contributed by atoms with Gasteiger partial charge in [0.1, 0.15) is 6.61 Å². The van der Waals surface area contributed by atoms with Gasteiger partial charge in [-0.15, -0.1) is 11.8 Å². The average molecular weight is 437 g/mol. The fourth-order valence-electron chi connectivity index (χ4n) is 2.90. The van der Waals surface area contributed by atoms with Crippen LogP contribution in [0.25, 0.3) is 0 Å². The monoisotopic (exact) mass is 437 g/mol. The van der Waals surface area contributed by atoms with Gasteiger partial charge in [0, 0.05) is 4.75 Å². The number of amides is 1. The van der Waals surface area contributed by atoms with Gasteiger partial charge < -0.3 is 35.6 Å². The number of hydrogen-bond acceptors (Lipinski definition) is 10. The molecule has 0 aromatic heterocycles. The van der Waals surface area contributed by atoms with E-state index >= 15 is 0 Å². The van der Waals surface area contributed by atoms with Crippen LogP contribution in [0.3, 0.4) is 0 Å². The van der Waals surface area contributed by atoms with Crippen LogP contribution < -0.4 is 26.6 Å². The smallest absolute Gasteiger partial charge is 0.331 e. The maximum absolute atomic E-state index is 12.6. The highest BCUT2D eigenvalue weighted by Gasteiger charge is 2.47. The van der Waals surface area contributed by atoms with Gasteiger partial charge in [-0.1, -0.05) is 30.3 Å². The number of rotatable bonds is 9. The number of hydrogen-bond donors (Lipinski definition) is 3. The number of carboxylic acid groups (broad SMARTS) is 2. The Balaban J connectivity index is 2.15. The Morgan fingerprint density at radius 1 is 1.23 bits per heavy atom. The van der Waals surface area contributed by atoms with Gasteiger partial charge in [0.05, 0.1) is 35.8 Å². The lowest BCUT2D eigenvalue weighted by Gasteiger charge is -2.25. The van der Waals surface area contributed by atoms with Crippen LogP contribution in [0.1, 0.15) is 19.4 Å². The van der Waals surface area contributed by atoms with Gasteiger partial charge in [-0.05, 0) is 19.4 Å². The molecule has 0 spiro atoms. The number of aliphatic carboxylic acids is 2. The van der Waals surface area contributed by atoms with E-state index < -0.39 is 58.7 Å². The summed E-state index contributed by atoms with van der Waals surface area (Å²) in [7, 11) is 0. The van der Waals surface area contributed by atoms with Crippen molar-refractivity contribution in [2.24, 2.45) is 5.73 Å². The van der Waals surface area contributed by atoms with Crippen molar-refractivity contribution in [1.29, 1.82) is 0 Å². The van der Waals surface area contributed by atoms with Crippen LogP contribution >= 0.6 is 11.8 Å². The quantitative estimate of drug-likeness (QED) is 0.336. The highest BCUT2D eigenvalue weighted by Crippen LogP contribution is 2.39. The second-order valence-corrected chi connectivity index (χ2v) is 9.12. The Kier molecular flexibility index (Phi) is 7.82. The molecular formula is C19H23N3O7S-2. The van der Waals surface area contributed by atoms with Crippen molar-refractivity contribution < 1.29 is 34.1 Å². The molecular weight excluding hydrogens is 414 g/mol. The fourth-order valence-corrected chi connectivity index (χ4v) is 4.38. The van der Waals surface area contributed by atoms with E-state index in [2.05, 4.69) is 10.6 Å². The van der Waals surface area contributed by atoms with Crippen molar-refractivity contribution in [2.75, 3.05) is 6.61 Å². The normalized spacial score (nSPS) is 22.0. The van der Waals surface area contributed by atoms with Gasteiger partial charge in [-0.3, -0.25) is 10.1 Å². The number of nitrogens with one attached hydrogen (secondary N) is 2. The molecule has 1 aliphatic heterocycles. The van der Waals surface area contributed by atoms with Crippen molar-refractivity contribution >= 4 is 35.6 Å². The summed E-state index contributed by atoms with van der Waals surface area (Å²) in [6.45, 7) is 2.66. The fraction of sp³-hybridized carbons (Fsp3) is 0.474. The first kappa shape index (κ1) is 23.6. The van der Waals surface area contributed by atoms with Crippen molar-refractivity contribution in [3.8, 4) is 0 Å². The summed E-state index contributed by atoms with van der Waals surface area (Å²) in [4.78, 5) is 47.3. The summed E-state index contributed by atoms with van der Waals surface area (Å²) in [6.07, 6.45) is -0.0200. The third kappa shape index (κ3) is 6.18.